The highest BCUT2D eigenvalue weighted by atomic mass is 19.4. The van der Waals surface area contributed by atoms with Crippen molar-refractivity contribution < 1.29 is 18.0 Å². The fourth-order valence-electron chi connectivity index (χ4n) is 2.07. The zero-order chi connectivity index (χ0) is 17.0. The van der Waals surface area contributed by atoms with Gasteiger partial charge in [-0.1, -0.05) is 24.3 Å². The number of amides is 1. The van der Waals surface area contributed by atoms with Crippen LogP contribution in [0.3, 0.4) is 0 Å². The van der Waals surface area contributed by atoms with E-state index < -0.39 is 11.7 Å². The third kappa shape index (κ3) is 4.25. The van der Waals surface area contributed by atoms with Crippen molar-refractivity contribution in [2.75, 3.05) is 19.4 Å². The molecule has 0 bridgehead atoms. The number of anilines is 1. The number of carbonyl (C=O) groups excluding carboxylic acids is 1. The van der Waals surface area contributed by atoms with Crippen LogP contribution in [-0.2, 0) is 12.7 Å². The zero-order valence-electron chi connectivity index (χ0n) is 12.8. The van der Waals surface area contributed by atoms with Crippen molar-refractivity contribution in [3.05, 3.63) is 65.2 Å². The van der Waals surface area contributed by atoms with Crippen LogP contribution >= 0.6 is 0 Å². The Bertz CT molecular complexity index is 679. The van der Waals surface area contributed by atoms with Crippen LogP contribution < -0.4 is 5.32 Å². The van der Waals surface area contributed by atoms with E-state index in [1.165, 1.54) is 17.0 Å². The van der Waals surface area contributed by atoms with E-state index in [9.17, 15) is 18.0 Å². The third-order valence-electron chi connectivity index (χ3n) is 3.33. The number of alkyl halides is 3. The molecule has 0 spiro atoms. The lowest BCUT2D eigenvalue weighted by Gasteiger charge is -2.15. The highest BCUT2D eigenvalue weighted by Gasteiger charge is 2.29. The number of hydrogen-bond acceptors (Lipinski definition) is 2. The van der Waals surface area contributed by atoms with Gasteiger partial charge in [-0.15, -0.1) is 0 Å². The molecule has 2 aromatic carbocycles. The van der Waals surface area contributed by atoms with E-state index in [1.807, 2.05) is 0 Å². The highest BCUT2D eigenvalue weighted by molar-refractivity contribution is 5.99. The molecule has 1 N–H and O–H groups in total. The Balaban J connectivity index is 2.11. The molecule has 0 saturated heterocycles. The predicted octanol–water partition coefficient (Wildman–Crippen LogP) is 4.02. The van der Waals surface area contributed by atoms with E-state index in [0.29, 0.717) is 23.4 Å². The Labute approximate surface area is 132 Å². The van der Waals surface area contributed by atoms with Crippen LogP contribution in [0.25, 0.3) is 0 Å². The lowest BCUT2D eigenvalue weighted by Crippen LogP contribution is -2.22. The molecule has 0 radical (unpaired) electrons. The van der Waals surface area contributed by atoms with E-state index in [-0.39, 0.29) is 5.91 Å². The maximum absolute atomic E-state index is 12.5. The van der Waals surface area contributed by atoms with Crippen molar-refractivity contribution in [3.63, 3.8) is 0 Å². The number of halogens is 3. The maximum atomic E-state index is 12.5. The Morgan fingerprint density at radius 1 is 1.04 bits per heavy atom. The molecule has 2 aromatic rings. The summed E-state index contributed by atoms with van der Waals surface area (Å²) in [5.74, 6) is -0.138. The van der Waals surface area contributed by atoms with Crippen molar-refractivity contribution in [1.82, 2.24) is 4.90 Å². The predicted molar refractivity (Wildman–Crippen MR) is 83.2 cm³/mol. The second kappa shape index (κ2) is 6.73. The van der Waals surface area contributed by atoms with Gasteiger partial charge < -0.3 is 10.2 Å². The number of nitrogens with one attached hydrogen (secondary N) is 1. The first-order chi connectivity index (χ1) is 10.8. The van der Waals surface area contributed by atoms with Crippen molar-refractivity contribution in [1.29, 1.82) is 0 Å². The molecule has 0 aliphatic rings. The molecule has 23 heavy (non-hydrogen) atoms. The van der Waals surface area contributed by atoms with E-state index in [4.69, 9.17) is 0 Å². The minimum atomic E-state index is -4.34. The molecule has 1 amide bonds. The molecule has 0 saturated carbocycles. The first kappa shape index (κ1) is 16.9. The molecule has 0 fully saturated rings. The number of hydrogen-bond donors (Lipinski definition) is 1. The number of benzene rings is 2. The second-order valence-electron chi connectivity index (χ2n) is 5.29. The Morgan fingerprint density at radius 3 is 2.22 bits per heavy atom. The number of nitrogens with zero attached hydrogens (tertiary/aromatic N) is 1. The monoisotopic (exact) mass is 322 g/mol. The minimum absolute atomic E-state index is 0.138. The molecule has 0 unspecified atom stereocenters. The van der Waals surface area contributed by atoms with Crippen LogP contribution in [0.4, 0.5) is 18.9 Å². The van der Waals surface area contributed by atoms with Crippen molar-refractivity contribution in [3.8, 4) is 0 Å². The van der Waals surface area contributed by atoms with Gasteiger partial charge in [-0.3, -0.25) is 4.79 Å². The average molecular weight is 322 g/mol. The Hall–Kier alpha value is -2.50. The third-order valence-corrected chi connectivity index (χ3v) is 3.33. The molecule has 0 heterocycles. The molecule has 0 aromatic heterocycles. The van der Waals surface area contributed by atoms with Crippen LogP contribution in [-0.4, -0.2) is 24.9 Å². The molecule has 3 nitrogen and oxygen atoms in total. The molecule has 0 aliphatic heterocycles. The summed E-state index contributed by atoms with van der Waals surface area (Å²) in [6, 6.07) is 12.0. The number of rotatable bonds is 4. The topological polar surface area (TPSA) is 32.3 Å². The number of para-hydroxylation sites is 1. The van der Waals surface area contributed by atoms with Crippen molar-refractivity contribution in [2.24, 2.45) is 0 Å². The number of carbonyl (C=O) groups is 1. The van der Waals surface area contributed by atoms with Crippen LogP contribution in [0.15, 0.2) is 48.5 Å². The summed E-state index contributed by atoms with van der Waals surface area (Å²) in [6.07, 6.45) is -4.34. The summed E-state index contributed by atoms with van der Waals surface area (Å²) in [5.41, 5.74) is 1.19. The van der Waals surface area contributed by atoms with Gasteiger partial charge in [-0.25, -0.2) is 0 Å². The fourth-order valence-corrected chi connectivity index (χ4v) is 2.07. The summed E-state index contributed by atoms with van der Waals surface area (Å²) < 4.78 is 37.6. The zero-order valence-corrected chi connectivity index (χ0v) is 12.8. The SMILES string of the molecule is CN(C)C(=O)c1ccccc1NCc1ccc(C(F)(F)F)cc1. The largest absolute Gasteiger partial charge is 0.416 e. The Morgan fingerprint density at radius 2 is 1.65 bits per heavy atom. The molecule has 6 heteroatoms. The highest BCUT2D eigenvalue weighted by Crippen LogP contribution is 2.29. The first-order valence-electron chi connectivity index (χ1n) is 6.99. The smallest absolute Gasteiger partial charge is 0.380 e. The van der Waals surface area contributed by atoms with E-state index >= 15 is 0 Å². The van der Waals surface area contributed by atoms with E-state index in [0.717, 1.165) is 12.1 Å². The minimum Gasteiger partial charge on any atom is -0.380 e. The van der Waals surface area contributed by atoms with E-state index in [2.05, 4.69) is 5.32 Å². The van der Waals surface area contributed by atoms with Gasteiger partial charge in [-0.2, -0.15) is 13.2 Å². The summed E-state index contributed by atoms with van der Waals surface area (Å²) in [5, 5.41) is 3.09. The quantitative estimate of drug-likeness (QED) is 0.922. The lowest BCUT2D eigenvalue weighted by molar-refractivity contribution is -0.137. The van der Waals surface area contributed by atoms with E-state index in [1.54, 1.807) is 38.4 Å². The average Bonchev–Trinajstić information content (AvgIpc) is 2.52. The van der Waals surface area contributed by atoms with Gasteiger partial charge in [0.25, 0.3) is 5.91 Å². The second-order valence-corrected chi connectivity index (χ2v) is 5.29. The molecular weight excluding hydrogens is 305 g/mol. The normalized spacial score (nSPS) is 11.2. The summed E-state index contributed by atoms with van der Waals surface area (Å²) >= 11 is 0. The summed E-state index contributed by atoms with van der Waals surface area (Å²) in [7, 11) is 3.32. The fraction of sp³-hybridized carbons (Fsp3) is 0.235. The van der Waals surface area contributed by atoms with Gasteiger partial charge in [0.05, 0.1) is 11.1 Å². The molecule has 0 atom stereocenters. The lowest BCUT2D eigenvalue weighted by atomic mass is 10.1. The van der Waals surface area contributed by atoms with Gasteiger partial charge in [0.2, 0.25) is 0 Å². The van der Waals surface area contributed by atoms with Crippen LogP contribution in [0, 0.1) is 0 Å². The molecular formula is C17H17F3N2O. The van der Waals surface area contributed by atoms with Gasteiger partial charge in [-0.05, 0) is 29.8 Å². The molecule has 2 rings (SSSR count). The first-order valence-corrected chi connectivity index (χ1v) is 6.99. The van der Waals surface area contributed by atoms with Crippen LogP contribution in [0.5, 0.6) is 0 Å². The van der Waals surface area contributed by atoms with Gasteiger partial charge in [0.15, 0.2) is 0 Å². The summed E-state index contributed by atoms with van der Waals surface area (Å²) in [6.45, 7) is 0.329. The van der Waals surface area contributed by atoms with Gasteiger partial charge in [0, 0.05) is 26.3 Å². The molecule has 122 valence electrons. The van der Waals surface area contributed by atoms with Crippen LogP contribution in [0.1, 0.15) is 21.5 Å². The van der Waals surface area contributed by atoms with Crippen LogP contribution in [0.2, 0.25) is 0 Å². The van der Waals surface area contributed by atoms with Gasteiger partial charge in [0.1, 0.15) is 0 Å². The maximum Gasteiger partial charge on any atom is 0.416 e. The van der Waals surface area contributed by atoms with Crippen molar-refractivity contribution in [2.45, 2.75) is 12.7 Å². The Kier molecular flexibility index (Phi) is 4.93. The van der Waals surface area contributed by atoms with Crippen molar-refractivity contribution >= 4 is 11.6 Å². The standard InChI is InChI=1S/C17H17F3N2O/c1-22(2)16(23)14-5-3-4-6-15(14)21-11-12-7-9-13(10-8-12)17(18,19)20/h3-10,21H,11H2,1-2H3. The van der Waals surface area contributed by atoms with Gasteiger partial charge >= 0.3 is 6.18 Å². The molecule has 0 aliphatic carbocycles. The summed E-state index contributed by atoms with van der Waals surface area (Å²) in [4.78, 5) is 13.6.